The first-order valence-electron chi connectivity index (χ1n) is 7.12. The molecular weight excluding hydrogens is 272 g/mol. The van der Waals surface area contributed by atoms with E-state index >= 15 is 0 Å². The second-order valence-electron chi connectivity index (χ2n) is 5.69. The highest BCUT2D eigenvalue weighted by molar-refractivity contribution is 6.16. The van der Waals surface area contributed by atoms with Crippen LogP contribution in [-0.2, 0) is 16.0 Å². The van der Waals surface area contributed by atoms with Crippen molar-refractivity contribution in [3.63, 3.8) is 0 Å². The maximum absolute atomic E-state index is 12.4. The van der Waals surface area contributed by atoms with E-state index in [2.05, 4.69) is 5.32 Å². The zero-order valence-corrected chi connectivity index (χ0v) is 12.5. The smallest absolute Gasteiger partial charge is 0.331 e. The van der Waals surface area contributed by atoms with Gasteiger partial charge in [-0.3, -0.25) is 19.8 Å². The molecule has 21 heavy (non-hydrogen) atoms. The molecule has 1 saturated heterocycles. The molecule has 2 unspecified atom stereocenters. The quantitative estimate of drug-likeness (QED) is 0.841. The van der Waals surface area contributed by atoms with Gasteiger partial charge in [0.25, 0.3) is 0 Å². The Labute approximate surface area is 123 Å². The van der Waals surface area contributed by atoms with Gasteiger partial charge in [-0.15, -0.1) is 0 Å². The zero-order chi connectivity index (χ0) is 15.6. The fourth-order valence-electron chi connectivity index (χ4n) is 2.55. The highest BCUT2D eigenvalue weighted by Crippen LogP contribution is 2.22. The third kappa shape index (κ3) is 3.15. The minimum absolute atomic E-state index is 0.148. The molecule has 6 heteroatoms. The molecule has 0 aliphatic carbocycles. The van der Waals surface area contributed by atoms with Crippen LogP contribution in [0.3, 0.4) is 0 Å². The summed E-state index contributed by atoms with van der Waals surface area (Å²) in [6, 6.07) is 2.73. The van der Waals surface area contributed by atoms with Gasteiger partial charge in [0, 0.05) is 12.5 Å². The van der Waals surface area contributed by atoms with Crippen molar-refractivity contribution in [1.29, 1.82) is 0 Å². The van der Waals surface area contributed by atoms with Gasteiger partial charge in [0.1, 0.15) is 11.7 Å². The number of urea groups is 1. The maximum Gasteiger partial charge on any atom is 0.331 e. The summed E-state index contributed by atoms with van der Waals surface area (Å²) >= 11 is 0. The van der Waals surface area contributed by atoms with Gasteiger partial charge in [-0.05, 0) is 31.4 Å². The molecule has 1 N–H and O–H groups in total. The highest BCUT2D eigenvalue weighted by Gasteiger charge is 2.43. The van der Waals surface area contributed by atoms with Gasteiger partial charge in [-0.25, -0.2) is 4.79 Å². The molecule has 114 valence electrons. The van der Waals surface area contributed by atoms with E-state index in [0.29, 0.717) is 12.8 Å². The van der Waals surface area contributed by atoms with Crippen LogP contribution < -0.4 is 5.32 Å². The highest BCUT2D eigenvalue weighted by atomic mass is 16.3. The Morgan fingerprint density at radius 1 is 1.29 bits per heavy atom. The van der Waals surface area contributed by atoms with E-state index in [1.165, 1.54) is 0 Å². The number of hydrogen-bond acceptors (Lipinski definition) is 4. The minimum Gasteiger partial charge on any atom is -0.469 e. The number of rotatable bonds is 5. The van der Waals surface area contributed by atoms with Crippen LogP contribution >= 0.6 is 0 Å². The molecule has 4 amide bonds. The zero-order valence-electron chi connectivity index (χ0n) is 12.5. The average Bonchev–Trinajstić information content (AvgIpc) is 2.88. The van der Waals surface area contributed by atoms with Crippen molar-refractivity contribution in [3.8, 4) is 0 Å². The lowest BCUT2D eigenvalue weighted by molar-refractivity contribution is -0.145. The first kappa shape index (κ1) is 15.3. The molecular formula is C15H20N2O4. The van der Waals surface area contributed by atoms with Crippen molar-refractivity contribution in [3.05, 3.63) is 24.2 Å². The lowest BCUT2D eigenvalue weighted by atomic mass is 9.91. The van der Waals surface area contributed by atoms with Gasteiger partial charge >= 0.3 is 6.03 Å². The van der Waals surface area contributed by atoms with Crippen LogP contribution in [0.2, 0.25) is 0 Å². The number of carbonyl (C=O) groups excluding carboxylic acids is 3. The minimum atomic E-state index is -0.797. The molecule has 1 aliphatic rings. The molecule has 0 spiro atoms. The second-order valence-corrected chi connectivity index (χ2v) is 5.69. The first-order chi connectivity index (χ1) is 9.91. The van der Waals surface area contributed by atoms with E-state index in [9.17, 15) is 14.4 Å². The van der Waals surface area contributed by atoms with Crippen molar-refractivity contribution >= 4 is 17.8 Å². The van der Waals surface area contributed by atoms with E-state index in [-0.39, 0.29) is 12.0 Å². The van der Waals surface area contributed by atoms with Gasteiger partial charge in [0.2, 0.25) is 11.8 Å². The molecule has 1 aromatic rings. The summed E-state index contributed by atoms with van der Waals surface area (Å²) in [5, 5.41) is 2.27. The molecule has 6 nitrogen and oxygen atoms in total. The second kappa shape index (κ2) is 6.11. The fraction of sp³-hybridized carbons (Fsp3) is 0.533. The Morgan fingerprint density at radius 3 is 2.57 bits per heavy atom. The summed E-state index contributed by atoms with van der Waals surface area (Å²) in [4.78, 5) is 37.3. The number of nitrogens with one attached hydrogen (secondary N) is 1. The Balaban J connectivity index is 2.07. The van der Waals surface area contributed by atoms with E-state index in [4.69, 9.17) is 4.42 Å². The molecule has 0 bridgehead atoms. The molecule has 1 aliphatic heterocycles. The first-order valence-corrected chi connectivity index (χ1v) is 7.12. The topological polar surface area (TPSA) is 79.6 Å². The van der Waals surface area contributed by atoms with Crippen LogP contribution in [0.25, 0.3) is 0 Å². The van der Waals surface area contributed by atoms with Gasteiger partial charge in [0.15, 0.2) is 0 Å². The van der Waals surface area contributed by atoms with Crippen molar-refractivity contribution < 1.29 is 18.8 Å². The molecule has 2 rings (SSSR count). The normalized spacial score (nSPS) is 20.9. The standard InChI is InChI=1S/C15H20N2O4/c1-9(2)12-13(18)16-15(20)17(14(12)19)10(3)6-7-11-5-4-8-21-11/h4-5,8-10,12H,6-7H2,1-3H3,(H,16,18,20). The lowest BCUT2D eigenvalue weighted by Crippen LogP contribution is -2.61. The van der Waals surface area contributed by atoms with Crippen molar-refractivity contribution in [1.82, 2.24) is 10.2 Å². The number of hydrogen-bond donors (Lipinski definition) is 1. The summed E-state index contributed by atoms with van der Waals surface area (Å²) in [5.41, 5.74) is 0. The number of barbiturate groups is 1. The van der Waals surface area contributed by atoms with Crippen LogP contribution in [-0.4, -0.2) is 28.8 Å². The SMILES string of the molecule is CC(C)C1C(=O)NC(=O)N(C(C)CCc2ccco2)C1=O. The van der Waals surface area contributed by atoms with Crippen molar-refractivity contribution in [2.75, 3.05) is 0 Å². The summed E-state index contributed by atoms with van der Waals surface area (Å²) in [7, 11) is 0. The molecule has 1 aromatic heterocycles. The fourth-order valence-corrected chi connectivity index (χ4v) is 2.55. The molecule has 1 fully saturated rings. The Morgan fingerprint density at radius 2 is 2.00 bits per heavy atom. The van der Waals surface area contributed by atoms with Gasteiger partial charge in [-0.2, -0.15) is 0 Å². The van der Waals surface area contributed by atoms with Gasteiger partial charge in [0.05, 0.1) is 6.26 Å². The maximum atomic E-state index is 12.4. The van der Waals surface area contributed by atoms with E-state index in [1.807, 2.05) is 6.07 Å². The van der Waals surface area contributed by atoms with Crippen LogP contribution in [0.4, 0.5) is 4.79 Å². The summed E-state index contributed by atoms with van der Waals surface area (Å²) in [5.74, 6) is -1.05. The number of amides is 4. The predicted octanol–water partition coefficient (Wildman–Crippen LogP) is 1.95. The summed E-state index contributed by atoms with van der Waals surface area (Å²) < 4.78 is 5.24. The Kier molecular flexibility index (Phi) is 4.45. The largest absolute Gasteiger partial charge is 0.469 e. The molecule has 0 saturated carbocycles. The number of aryl methyl sites for hydroxylation is 1. The average molecular weight is 292 g/mol. The van der Waals surface area contributed by atoms with Crippen LogP contribution in [0.5, 0.6) is 0 Å². The third-order valence-corrected chi connectivity index (χ3v) is 3.73. The number of imide groups is 2. The Bertz CT molecular complexity index is 536. The van der Waals surface area contributed by atoms with Crippen LogP contribution in [0.1, 0.15) is 33.0 Å². The van der Waals surface area contributed by atoms with Crippen molar-refractivity contribution in [2.45, 2.75) is 39.7 Å². The van der Waals surface area contributed by atoms with E-state index < -0.39 is 23.8 Å². The molecule has 0 aromatic carbocycles. The van der Waals surface area contributed by atoms with Crippen LogP contribution in [0, 0.1) is 11.8 Å². The number of nitrogens with zero attached hydrogens (tertiary/aromatic N) is 1. The summed E-state index contributed by atoms with van der Waals surface area (Å²) in [6.45, 7) is 5.39. The number of carbonyl (C=O) groups is 3. The number of furan rings is 1. The van der Waals surface area contributed by atoms with Crippen molar-refractivity contribution in [2.24, 2.45) is 11.8 Å². The monoisotopic (exact) mass is 292 g/mol. The lowest BCUT2D eigenvalue weighted by Gasteiger charge is -2.35. The Hall–Kier alpha value is -2.11. The third-order valence-electron chi connectivity index (χ3n) is 3.73. The van der Waals surface area contributed by atoms with E-state index in [0.717, 1.165) is 10.7 Å². The molecule has 2 atom stereocenters. The van der Waals surface area contributed by atoms with Gasteiger partial charge in [-0.1, -0.05) is 13.8 Å². The van der Waals surface area contributed by atoms with Crippen LogP contribution in [0.15, 0.2) is 22.8 Å². The molecule has 2 heterocycles. The summed E-state index contributed by atoms with van der Waals surface area (Å²) in [6.07, 6.45) is 2.81. The van der Waals surface area contributed by atoms with E-state index in [1.54, 1.807) is 33.1 Å². The molecule has 0 radical (unpaired) electrons. The van der Waals surface area contributed by atoms with Gasteiger partial charge < -0.3 is 4.42 Å². The predicted molar refractivity (Wildman–Crippen MR) is 75.2 cm³/mol.